The largest absolute Gasteiger partial charge is 0.469 e. The van der Waals surface area contributed by atoms with Gasteiger partial charge in [-0.05, 0) is 23.8 Å². The molecule has 0 N–H and O–H groups in total. The molecule has 2 aromatic rings. The first-order valence-electron chi connectivity index (χ1n) is 6.17. The van der Waals surface area contributed by atoms with Gasteiger partial charge in [0.25, 0.3) is 5.69 Å². The number of rotatable bonds is 5. The van der Waals surface area contributed by atoms with Crippen LogP contribution in [0.2, 0.25) is 0 Å². The van der Waals surface area contributed by atoms with Crippen LogP contribution < -0.4 is 0 Å². The fraction of sp³-hybridized carbons (Fsp3) is 0.133. The number of carbonyl (C=O) groups is 1. The summed E-state index contributed by atoms with van der Waals surface area (Å²) in [6.45, 7) is 0. The van der Waals surface area contributed by atoms with Crippen molar-refractivity contribution in [2.75, 3.05) is 7.11 Å². The summed E-state index contributed by atoms with van der Waals surface area (Å²) in [5.74, 6) is -0.299. The molecule has 0 amide bonds. The number of hydrogen-bond acceptors (Lipinski definition) is 5. The summed E-state index contributed by atoms with van der Waals surface area (Å²) in [7, 11) is 1.36. The summed E-state index contributed by atoms with van der Waals surface area (Å²) in [5, 5.41) is 10.6. The summed E-state index contributed by atoms with van der Waals surface area (Å²) in [6, 6.07) is 13.8. The van der Waals surface area contributed by atoms with Crippen molar-refractivity contribution in [3.05, 3.63) is 64.2 Å². The molecular weight excluding hydrogens is 290 g/mol. The van der Waals surface area contributed by atoms with Gasteiger partial charge in [0, 0.05) is 21.9 Å². The van der Waals surface area contributed by atoms with E-state index < -0.39 is 4.92 Å². The Morgan fingerprint density at radius 3 is 2.48 bits per heavy atom. The maximum atomic E-state index is 11.4. The highest BCUT2D eigenvalue weighted by molar-refractivity contribution is 7.99. The van der Waals surface area contributed by atoms with Crippen LogP contribution in [-0.2, 0) is 16.0 Å². The molecule has 0 radical (unpaired) electrons. The van der Waals surface area contributed by atoms with Crippen molar-refractivity contribution in [1.82, 2.24) is 0 Å². The van der Waals surface area contributed by atoms with E-state index in [2.05, 4.69) is 4.74 Å². The third kappa shape index (κ3) is 4.06. The Balaban J connectivity index is 2.19. The molecule has 0 aliphatic carbocycles. The van der Waals surface area contributed by atoms with E-state index in [4.69, 9.17) is 0 Å². The van der Waals surface area contributed by atoms with E-state index in [0.29, 0.717) is 0 Å². The number of nitro groups is 1. The van der Waals surface area contributed by atoms with Crippen LogP contribution in [-0.4, -0.2) is 18.0 Å². The number of nitro benzene ring substituents is 1. The Labute approximate surface area is 126 Å². The lowest BCUT2D eigenvalue weighted by Crippen LogP contribution is -2.05. The summed E-state index contributed by atoms with van der Waals surface area (Å²) < 4.78 is 4.68. The lowest BCUT2D eigenvalue weighted by atomic mass is 10.1. The standard InChI is InChI=1S/C15H13NO4S/c1-20-15(17)10-11-4-2-3-5-14(11)21-13-8-6-12(7-9-13)16(18)19/h2-9H,10H2,1H3. The first-order chi connectivity index (χ1) is 10.1. The zero-order valence-corrected chi connectivity index (χ0v) is 12.1. The van der Waals surface area contributed by atoms with Crippen LogP contribution in [0, 0.1) is 10.1 Å². The SMILES string of the molecule is COC(=O)Cc1ccccc1Sc1ccc([N+](=O)[O-])cc1. The highest BCUT2D eigenvalue weighted by atomic mass is 32.2. The molecule has 2 rings (SSSR count). The van der Waals surface area contributed by atoms with Gasteiger partial charge in [-0.2, -0.15) is 0 Å². The Morgan fingerprint density at radius 1 is 1.19 bits per heavy atom. The molecule has 0 spiro atoms. The van der Waals surface area contributed by atoms with Crippen molar-refractivity contribution < 1.29 is 14.5 Å². The molecule has 0 fully saturated rings. The van der Waals surface area contributed by atoms with E-state index in [0.717, 1.165) is 15.4 Å². The summed E-state index contributed by atoms with van der Waals surface area (Å²) in [6.07, 6.45) is 0.201. The number of nitrogens with zero attached hydrogens (tertiary/aromatic N) is 1. The molecule has 0 atom stereocenters. The Bertz CT molecular complexity index is 655. The van der Waals surface area contributed by atoms with Crippen molar-refractivity contribution in [2.24, 2.45) is 0 Å². The van der Waals surface area contributed by atoms with Crippen LogP contribution >= 0.6 is 11.8 Å². The van der Waals surface area contributed by atoms with Crippen LogP contribution in [0.4, 0.5) is 5.69 Å². The molecule has 0 heterocycles. The minimum Gasteiger partial charge on any atom is -0.469 e. The van der Waals surface area contributed by atoms with Crippen LogP contribution in [0.1, 0.15) is 5.56 Å². The lowest BCUT2D eigenvalue weighted by molar-refractivity contribution is -0.384. The molecule has 108 valence electrons. The summed E-state index contributed by atoms with van der Waals surface area (Å²) in [4.78, 5) is 23.4. The minimum atomic E-state index is -0.431. The summed E-state index contributed by atoms with van der Waals surface area (Å²) >= 11 is 1.46. The third-order valence-electron chi connectivity index (χ3n) is 2.81. The number of benzene rings is 2. The van der Waals surface area contributed by atoms with Gasteiger partial charge in [-0.25, -0.2) is 0 Å². The zero-order chi connectivity index (χ0) is 15.2. The first kappa shape index (κ1) is 15.1. The molecule has 0 aliphatic rings. The maximum absolute atomic E-state index is 11.4. The van der Waals surface area contributed by atoms with Gasteiger partial charge in [0.15, 0.2) is 0 Å². The number of hydrogen-bond donors (Lipinski definition) is 0. The number of carbonyl (C=O) groups excluding carboxylic acids is 1. The minimum absolute atomic E-state index is 0.0576. The van der Waals surface area contributed by atoms with E-state index in [1.54, 1.807) is 12.1 Å². The fourth-order valence-corrected chi connectivity index (χ4v) is 2.68. The number of esters is 1. The van der Waals surface area contributed by atoms with Crippen LogP contribution in [0.5, 0.6) is 0 Å². The van der Waals surface area contributed by atoms with Crippen molar-refractivity contribution in [1.29, 1.82) is 0 Å². The van der Waals surface area contributed by atoms with Gasteiger partial charge < -0.3 is 4.74 Å². The van der Waals surface area contributed by atoms with Crippen LogP contribution in [0.25, 0.3) is 0 Å². The molecule has 5 nitrogen and oxygen atoms in total. The van der Waals surface area contributed by atoms with E-state index in [-0.39, 0.29) is 18.1 Å². The second-order valence-electron chi connectivity index (χ2n) is 4.21. The van der Waals surface area contributed by atoms with E-state index in [1.165, 1.54) is 31.0 Å². The molecule has 0 saturated carbocycles. The topological polar surface area (TPSA) is 69.4 Å². The van der Waals surface area contributed by atoms with Gasteiger partial charge in [0.05, 0.1) is 18.5 Å². The van der Waals surface area contributed by atoms with Crippen molar-refractivity contribution in [3.8, 4) is 0 Å². The van der Waals surface area contributed by atoms with Gasteiger partial charge in [0.1, 0.15) is 0 Å². The quantitative estimate of drug-likeness (QED) is 0.480. The van der Waals surface area contributed by atoms with Crippen molar-refractivity contribution in [2.45, 2.75) is 16.2 Å². The predicted octanol–water partition coefficient (Wildman–Crippen LogP) is 3.46. The van der Waals surface area contributed by atoms with Gasteiger partial charge in [-0.1, -0.05) is 30.0 Å². The average Bonchev–Trinajstić information content (AvgIpc) is 2.49. The lowest BCUT2D eigenvalue weighted by Gasteiger charge is -2.08. The summed E-state index contributed by atoms with van der Waals surface area (Å²) in [5.41, 5.74) is 0.926. The van der Waals surface area contributed by atoms with Crippen LogP contribution in [0.15, 0.2) is 58.3 Å². The van der Waals surface area contributed by atoms with E-state index in [9.17, 15) is 14.9 Å². The van der Waals surface area contributed by atoms with Gasteiger partial charge in [-0.15, -0.1) is 0 Å². The normalized spacial score (nSPS) is 10.1. The van der Waals surface area contributed by atoms with Gasteiger partial charge in [0.2, 0.25) is 0 Å². The smallest absolute Gasteiger partial charge is 0.310 e. The van der Waals surface area contributed by atoms with Gasteiger partial charge in [-0.3, -0.25) is 14.9 Å². The molecule has 0 saturated heterocycles. The molecule has 0 unspecified atom stereocenters. The molecule has 0 aliphatic heterocycles. The third-order valence-corrected chi connectivity index (χ3v) is 3.94. The highest BCUT2D eigenvalue weighted by Gasteiger charge is 2.10. The van der Waals surface area contributed by atoms with Crippen molar-refractivity contribution in [3.63, 3.8) is 0 Å². The highest BCUT2D eigenvalue weighted by Crippen LogP contribution is 2.31. The fourth-order valence-electron chi connectivity index (χ4n) is 1.74. The molecule has 2 aromatic carbocycles. The second-order valence-corrected chi connectivity index (χ2v) is 5.33. The number of ether oxygens (including phenoxy) is 1. The number of non-ortho nitro benzene ring substituents is 1. The molecule has 0 aromatic heterocycles. The zero-order valence-electron chi connectivity index (χ0n) is 11.3. The second kappa shape index (κ2) is 6.90. The molecular formula is C15H13NO4S. The Hall–Kier alpha value is -2.34. The first-order valence-corrected chi connectivity index (χ1v) is 6.99. The average molecular weight is 303 g/mol. The van der Waals surface area contributed by atoms with E-state index >= 15 is 0 Å². The molecule has 6 heteroatoms. The van der Waals surface area contributed by atoms with Crippen molar-refractivity contribution >= 4 is 23.4 Å². The monoisotopic (exact) mass is 303 g/mol. The van der Waals surface area contributed by atoms with Crippen LogP contribution in [0.3, 0.4) is 0 Å². The predicted molar refractivity (Wildman–Crippen MR) is 79.4 cm³/mol. The Kier molecular flexibility index (Phi) is 4.94. The Morgan fingerprint density at radius 2 is 1.86 bits per heavy atom. The maximum Gasteiger partial charge on any atom is 0.310 e. The molecule has 0 bridgehead atoms. The number of methoxy groups -OCH3 is 1. The van der Waals surface area contributed by atoms with E-state index in [1.807, 2.05) is 24.3 Å². The molecule has 21 heavy (non-hydrogen) atoms. The van der Waals surface area contributed by atoms with Gasteiger partial charge >= 0.3 is 5.97 Å².